The third-order valence-electron chi connectivity index (χ3n) is 1.65. The molecule has 0 aromatic carbocycles. The summed E-state index contributed by atoms with van der Waals surface area (Å²) in [6.45, 7) is 6.31. The Bertz CT molecular complexity index is 127. The van der Waals surface area contributed by atoms with Gasteiger partial charge in [-0.15, -0.1) is 6.58 Å². The van der Waals surface area contributed by atoms with Gasteiger partial charge in [-0.25, -0.2) is 0 Å². The van der Waals surface area contributed by atoms with Gasteiger partial charge in [0.1, 0.15) is 0 Å². The summed E-state index contributed by atoms with van der Waals surface area (Å²) in [4.78, 5) is 0. The van der Waals surface area contributed by atoms with E-state index in [1.807, 2.05) is 6.08 Å². The van der Waals surface area contributed by atoms with Gasteiger partial charge in [0, 0.05) is 12.5 Å². The van der Waals surface area contributed by atoms with Gasteiger partial charge in [0.25, 0.3) is 0 Å². The van der Waals surface area contributed by atoms with Crippen LogP contribution in [0.25, 0.3) is 0 Å². The van der Waals surface area contributed by atoms with Crippen molar-refractivity contribution in [2.75, 3.05) is 6.54 Å². The lowest BCUT2D eigenvalue weighted by Crippen LogP contribution is -2.12. The van der Waals surface area contributed by atoms with E-state index in [9.17, 15) is 0 Å². The van der Waals surface area contributed by atoms with E-state index >= 15 is 0 Å². The van der Waals surface area contributed by atoms with Crippen molar-refractivity contribution in [3.63, 3.8) is 0 Å². The van der Waals surface area contributed by atoms with Crippen LogP contribution in [0.5, 0.6) is 0 Å². The van der Waals surface area contributed by atoms with Crippen molar-refractivity contribution in [1.82, 2.24) is 0 Å². The molecule has 0 aliphatic heterocycles. The molecule has 2 nitrogen and oxygen atoms in total. The molecular formula is C8H16N2. The van der Waals surface area contributed by atoms with Gasteiger partial charge in [-0.05, 0) is 18.2 Å². The van der Waals surface area contributed by atoms with Crippen molar-refractivity contribution in [2.45, 2.75) is 13.3 Å². The van der Waals surface area contributed by atoms with Gasteiger partial charge in [-0.2, -0.15) is 0 Å². The molecule has 0 amide bonds. The Morgan fingerprint density at radius 3 is 2.40 bits per heavy atom. The molecule has 0 aliphatic carbocycles. The van der Waals surface area contributed by atoms with E-state index in [1.165, 1.54) is 0 Å². The second-order valence-electron chi connectivity index (χ2n) is 2.20. The van der Waals surface area contributed by atoms with Crippen LogP contribution >= 0.6 is 0 Å². The Balaban J connectivity index is 4.10. The SMILES string of the molecule is C=C[C@@H](CC)/C(=C\N)CN. The Kier molecular flexibility index (Phi) is 4.67. The second kappa shape index (κ2) is 5.06. The Morgan fingerprint density at radius 2 is 2.30 bits per heavy atom. The fraction of sp³-hybridized carbons (Fsp3) is 0.500. The highest BCUT2D eigenvalue weighted by atomic mass is 14.6. The van der Waals surface area contributed by atoms with E-state index in [4.69, 9.17) is 11.5 Å². The molecule has 0 aromatic rings. The topological polar surface area (TPSA) is 52.0 Å². The normalized spacial score (nSPS) is 14.8. The van der Waals surface area contributed by atoms with Crippen LogP contribution in [-0.4, -0.2) is 6.54 Å². The fourth-order valence-corrected chi connectivity index (χ4v) is 0.923. The molecule has 10 heavy (non-hydrogen) atoms. The van der Waals surface area contributed by atoms with Gasteiger partial charge in [0.2, 0.25) is 0 Å². The maximum absolute atomic E-state index is 5.44. The van der Waals surface area contributed by atoms with Crippen molar-refractivity contribution in [1.29, 1.82) is 0 Å². The van der Waals surface area contributed by atoms with Gasteiger partial charge < -0.3 is 11.5 Å². The van der Waals surface area contributed by atoms with Crippen LogP contribution in [0.15, 0.2) is 24.4 Å². The molecule has 0 aromatic heterocycles. The minimum Gasteiger partial charge on any atom is -0.405 e. The Labute approximate surface area is 62.6 Å². The van der Waals surface area contributed by atoms with E-state index in [1.54, 1.807) is 6.20 Å². The molecule has 2 heteroatoms. The molecule has 0 radical (unpaired) electrons. The first-order valence-corrected chi connectivity index (χ1v) is 3.53. The summed E-state index contributed by atoms with van der Waals surface area (Å²) in [5, 5.41) is 0. The molecule has 1 atom stereocenters. The predicted octanol–water partition coefficient (Wildman–Crippen LogP) is 1.000. The van der Waals surface area contributed by atoms with E-state index in [-0.39, 0.29) is 0 Å². The van der Waals surface area contributed by atoms with E-state index in [0.717, 1.165) is 12.0 Å². The zero-order valence-electron chi connectivity index (χ0n) is 6.51. The average molecular weight is 140 g/mol. The van der Waals surface area contributed by atoms with E-state index in [0.29, 0.717) is 12.5 Å². The molecular weight excluding hydrogens is 124 g/mol. The van der Waals surface area contributed by atoms with Crippen LogP contribution in [0, 0.1) is 5.92 Å². The fourth-order valence-electron chi connectivity index (χ4n) is 0.923. The van der Waals surface area contributed by atoms with Crippen molar-refractivity contribution >= 4 is 0 Å². The highest BCUT2D eigenvalue weighted by Crippen LogP contribution is 2.13. The Morgan fingerprint density at radius 1 is 1.70 bits per heavy atom. The maximum Gasteiger partial charge on any atom is 0.0160 e. The third-order valence-corrected chi connectivity index (χ3v) is 1.65. The number of allylic oxidation sites excluding steroid dienone is 1. The molecule has 0 saturated heterocycles. The summed E-state index contributed by atoms with van der Waals surface area (Å²) in [6.07, 6.45) is 4.48. The molecule has 0 saturated carbocycles. The first kappa shape index (κ1) is 9.24. The summed E-state index contributed by atoms with van der Waals surface area (Å²) in [5.74, 6) is 0.356. The molecule has 0 rings (SSSR count). The Hall–Kier alpha value is -0.760. The number of rotatable bonds is 4. The first-order chi connectivity index (χ1) is 4.79. The van der Waals surface area contributed by atoms with Crippen LogP contribution in [0.3, 0.4) is 0 Å². The van der Waals surface area contributed by atoms with Crippen molar-refractivity contribution in [3.8, 4) is 0 Å². The molecule has 4 N–H and O–H groups in total. The van der Waals surface area contributed by atoms with Crippen LogP contribution in [0.1, 0.15) is 13.3 Å². The smallest absolute Gasteiger partial charge is 0.0160 e. The molecule has 0 heterocycles. The molecule has 58 valence electrons. The minimum absolute atomic E-state index is 0.356. The second-order valence-corrected chi connectivity index (χ2v) is 2.20. The summed E-state index contributed by atoms with van der Waals surface area (Å²) >= 11 is 0. The maximum atomic E-state index is 5.44. The number of hydrogen-bond acceptors (Lipinski definition) is 2. The van der Waals surface area contributed by atoms with Crippen molar-refractivity contribution in [2.24, 2.45) is 17.4 Å². The van der Waals surface area contributed by atoms with Gasteiger partial charge in [-0.1, -0.05) is 13.0 Å². The standard InChI is InChI=1S/C8H16N2/c1-3-7(4-2)8(5-9)6-10/h3,5,7H,1,4,6,9-10H2,2H3/b8-5-/t7-/m0/s1. The highest BCUT2D eigenvalue weighted by Gasteiger charge is 2.04. The molecule has 0 fully saturated rings. The summed E-state index contributed by atoms with van der Waals surface area (Å²) in [7, 11) is 0. The zero-order chi connectivity index (χ0) is 7.98. The van der Waals surface area contributed by atoms with Crippen molar-refractivity contribution in [3.05, 3.63) is 24.4 Å². The predicted molar refractivity (Wildman–Crippen MR) is 45.3 cm³/mol. The third kappa shape index (κ3) is 2.23. The average Bonchev–Trinajstić information content (AvgIpc) is 2.00. The monoisotopic (exact) mass is 140 g/mol. The van der Waals surface area contributed by atoms with E-state index < -0.39 is 0 Å². The molecule has 0 aliphatic rings. The lowest BCUT2D eigenvalue weighted by atomic mass is 9.97. The van der Waals surface area contributed by atoms with Crippen LogP contribution in [0.2, 0.25) is 0 Å². The van der Waals surface area contributed by atoms with Crippen LogP contribution in [0.4, 0.5) is 0 Å². The quantitative estimate of drug-likeness (QED) is 0.572. The zero-order valence-corrected chi connectivity index (χ0v) is 6.51. The van der Waals surface area contributed by atoms with Gasteiger partial charge in [0.05, 0.1) is 0 Å². The first-order valence-electron chi connectivity index (χ1n) is 3.53. The summed E-state index contributed by atoms with van der Waals surface area (Å²) in [5.41, 5.74) is 11.9. The largest absolute Gasteiger partial charge is 0.405 e. The summed E-state index contributed by atoms with van der Waals surface area (Å²) in [6, 6.07) is 0. The van der Waals surface area contributed by atoms with Crippen LogP contribution < -0.4 is 11.5 Å². The van der Waals surface area contributed by atoms with Crippen LogP contribution in [-0.2, 0) is 0 Å². The van der Waals surface area contributed by atoms with Gasteiger partial charge >= 0.3 is 0 Å². The highest BCUT2D eigenvalue weighted by molar-refractivity contribution is 5.11. The van der Waals surface area contributed by atoms with Crippen molar-refractivity contribution < 1.29 is 0 Å². The number of nitrogens with two attached hydrogens (primary N) is 2. The van der Waals surface area contributed by atoms with Gasteiger partial charge in [0.15, 0.2) is 0 Å². The molecule has 0 spiro atoms. The lowest BCUT2D eigenvalue weighted by molar-refractivity contribution is 0.709. The molecule has 0 bridgehead atoms. The molecule has 0 unspecified atom stereocenters. The lowest BCUT2D eigenvalue weighted by Gasteiger charge is -2.11. The number of hydrogen-bond donors (Lipinski definition) is 2. The minimum atomic E-state index is 0.356. The van der Waals surface area contributed by atoms with Gasteiger partial charge in [-0.3, -0.25) is 0 Å². The summed E-state index contributed by atoms with van der Waals surface area (Å²) < 4.78 is 0. The van der Waals surface area contributed by atoms with E-state index in [2.05, 4.69) is 13.5 Å².